The molecule has 0 saturated heterocycles. The van der Waals surface area contributed by atoms with Crippen LogP contribution in [0.25, 0.3) is 0 Å². The van der Waals surface area contributed by atoms with Crippen molar-refractivity contribution >= 4 is 11.8 Å². The second kappa shape index (κ2) is 6.95. The van der Waals surface area contributed by atoms with Crippen LogP contribution in [0.4, 0.5) is 14.6 Å². The molecule has 0 spiro atoms. The third-order valence-electron chi connectivity index (χ3n) is 4.54. The van der Waals surface area contributed by atoms with E-state index in [0.29, 0.717) is 17.9 Å². The van der Waals surface area contributed by atoms with Gasteiger partial charge in [0.1, 0.15) is 17.5 Å². The minimum absolute atomic E-state index is 0.238. The van der Waals surface area contributed by atoms with E-state index in [-0.39, 0.29) is 5.96 Å². The summed E-state index contributed by atoms with van der Waals surface area (Å²) in [6.45, 7) is 0.362. The largest absolute Gasteiger partial charge is 0.370 e. The van der Waals surface area contributed by atoms with E-state index in [1.165, 1.54) is 12.1 Å². The van der Waals surface area contributed by atoms with Crippen LogP contribution in [-0.4, -0.2) is 17.5 Å². The first-order chi connectivity index (χ1) is 11.6. The predicted octanol–water partition coefficient (Wildman–Crippen LogP) is 3.60. The number of benzene rings is 1. The summed E-state index contributed by atoms with van der Waals surface area (Å²) in [4.78, 5) is 8.52. The van der Waals surface area contributed by atoms with Crippen molar-refractivity contribution in [2.75, 3.05) is 11.9 Å². The van der Waals surface area contributed by atoms with E-state index < -0.39 is 17.0 Å². The average Bonchev–Trinajstić information content (AvgIpc) is 3.04. The number of nitrogens with zero attached hydrogens (tertiary/aromatic N) is 2. The van der Waals surface area contributed by atoms with E-state index in [2.05, 4.69) is 15.3 Å². The lowest BCUT2D eigenvalue weighted by Gasteiger charge is -2.28. The molecule has 24 heavy (non-hydrogen) atoms. The van der Waals surface area contributed by atoms with E-state index in [1.807, 2.05) is 12.1 Å². The monoisotopic (exact) mass is 330 g/mol. The molecule has 6 heteroatoms. The second-order valence-corrected chi connectivity index (χ2v) is 6.15. The van der Waals surface area contributed by atoms with Crippen molar-refractivity contribution in [1.82, 2.24) is 4.98 Å². The number of aromatic nitrogens is 1. The third-order valence-corrected chi connectivity index (χ3v) is 4.54. The van der Waals surface area contributed by atoms with Crippen LogP contribution in [0, 0.1) is 11.6 Å². The Morgan fingerprint density at radius 2 is 2.00 bits per heavy atom. The van der Waals surface area contributed by atoms with Crippen molar-refractivity contribution in [2.45, 2.75) is 31.1 Å². The molecule has 1 aromatic heterocycles. The number of halogens is 2. The van der Waals surface area contributed by atoms with E-state index in [0.717, 1.165) is 31.7 Å². The molecule has 0 amide bonds. The first-order valence-electron chi connectivity index (χ1n) is 8.03. The number of nitrogens with two attached hydrogens (primary N) is 1. The number of hydrogen-bond acceptors (Lipinski definition) is 2. The van der Waals surface area contributed by atoms with Gasteiger partial charge >= 0.3 is 0 Å². The predicted molar refractivity (Wildman–Crippen MR) is 90.9 cm³/mol. The summed E-state index contributed by atoms with van der Waals surface area (Å²) < 4.78 is 27.5. The van der Waals surface area contributed by atoms with Crippen LogP contribution in [-0.2, 0) is 5.41 Å². The number of anilines is 1. The van der Waals surface area contributed by atoms with Gasteiger partial charge in [0.25, 0.3) is 0 Å². The SMILES string of the molecule is NC(=NCC1(c2ccc(F)cc2F)CCCC1)Nc1ccccn1. The Morgan fingerprint density at radius 3 is 2.67 bits per heavy atom. The summed E-state index contributed by atoms with van der Waals surface area (Å²) in [7, 11) is 0. The minimum atomic E-state index is -0.566. The molecule has 1 aromatic carbocycles. The summed E-state index contributed by atoms with van der Waals surface area (Å²) >= 11 is 0. The highest BCUT2D eigenvalue weighted by atomic mass is 19.1. The van der Waals surface area contributed by atoms with Crippen molar-refractivity contribution in [1.29, 1.82) is 0 Å². The van der Waals surface area contributed by atoms with Gasteiger partial charge < -0.3 is 11.1 Å². The number of aliphatic imine (C=N–C) groups is 1. The highest BCUT2D eigenvalue weighted by molar-refractivity contribution is 5.91. The first-order valence-corrected chi connectivity index (χ1v) is 8.03. The van der Waals surface area contributed by atoms with Crippen LogP contribution in [0.3, 0.4) is 0 Å². The van der Waals surface area contributed by atoms with Gasteiger partial charge in [-0.15, -0.1) is 0 Å². The maximum absolute atomic E-state index is 14.3. The summed E-state index contributed by atoms with van der Waals surface area (Å²) in [6, 6.07) is 9.21. The normalized spacial score (nSPS) is 17.0. The first kappa shape index (κ1) is 16.4. The van der Waals surface area contributed by atoms with Gasteiger partial charge in [-0.3, -0.25) is 4.99 Å². The van der Waals surface area contributed by atoms with Crippen molar-refractivity contribution < 1.29 is 8.78 Å². The molecule has 0 aliphatic heterocycles. The van der Waals surface area contributed by atoms with Crippen molar-refractivity contribution in [3.05, 3.63) is 59.8 Å². The maximum Gasteiger partial charge on any atom is 0.194 e. The fraction of sp³-hybridized carbons (Fsp3) is 0.333. The number of hydrogen-bond donors (Lipinski definition) is 2. The molecule has 1 heterocycles. The van der Waals surface area contributed by atoms with Crippen LogP contribution < -0.4 is 11.1 Å². The Hall–Kier alpha value is -2.50. The third kappa shape index (κ3) is 3.53. The summed E-state index contributed by atoms with van der Waals surface area (Å²) in [6.07, 6.45) is 5.29. The fourth-order valence-corrected chi connectivity index (χ4v) is 3.33. The lowest BCUT2D eigenvalue weighted by atomic mass is 9.78. The van der Waals surface area contributed by atoms with Crippen molar-refractivity contribution in [3.8, 4) is 0 Å². The molecule has 3 N–H and O–H groups in total. The topological polar surface area (TPSA) is 63.3 Å². The van der Waals surface area contributed by atoms with Gasteiger partial charge in [-0.25, -0.2) is 13.8 Å². The molecular formula is C18H20F2N4. The van der Waals surface area contributed by atoms with Crippen LogP contribution in [0.5, 0.6) is 0 Å². The summed E-state index contributed by atoms with van der Waals surface area (Å²) in [5, 5.41) is 2.92. The number of rotatable bonds is 4. The van der Waals surface area contributed by atoms with Gasteiger partial charge in [-0.2, -0.15) is 0 Å². The molecule has 0 atom stereocenters. The fourth-order valence-electron chi connectivity index (χ4n) is 3.33. The highest BCUT2D eigenvalue weighted by Crippen LogP contribution is 2.42. The molecular weight excluding hydrogens is 310 g/mol. The smallest absolute Gasteiger partial charge is 0.194 e. The second-order valence-electron chi connectivity index (χ2n) is 6.15. The van der Waals surface area contributed by atoms with E-state index in [9.17, 15) is 8.78 Å². The Bertz CT molecular complexity index is 725. The standard InChI is InChI=1S/C18H20F2N4/c19-13-6-7-14(15(20)11-13)18(8-2-3-9-18)12-23-17(21)24-16-5-1-4-10-22-16/h1,4-7,10-11H,2-3,8-9,12H2,(H3,21,22,23,24). The van der Waals surface area contributed by atoms with Crippen LogP contribution in [0.2, 0.25) is 0 Å². The van der Waals surface area contributed by atoms with E-state index >= 15 is 0 Å². The lowest BCUT2D eigenvalue weighted by molar-refractivity contribution is 0.425. The molecule has 1 fully saturated rings. The van der Waals surface area contributed by atoms with Crippen LogP contribution >= 0.6 is 0 Å². The summed E-state index contributed by atoms with van der Waals surface area (Å²) in [5.74, 6) is -0.234. The van der Waals surface area contributed by atoms with Gasteiger partial charge in [0.15, 0.2) is 5.96 Å². The maximum atomic E-state index is 14.3. The molecule has 1 aliphatic rings. The molecule has 1 aliphatic carbocycles. The van der Waals surface area contributed by atoms with Gasteiger partial charge in [0, 0.05) is 17.7 Å². The number of pyridine rings is 1. The number of guanidine groups is 1. The molecule has 2 aromatic rings. The van der Waals surface area contributed by atoms with Crippen molar-refractivity contribution in [3.63, 3.8) is 0 Å². The molecule has 0 unspecified atom stereocenters. The Kier molecular flexibility index (Phi) is 4.74. The zero-order valence-electron chi connectivity index (χ0n) is 13.3. The Morgan fingerprint density at radius 1 is 1.21 bits per heavy atom. The molecule has 1 saturated carbocycles. The summed E-state index contributed by atoms with van der Waals surface area (Å²) in [5.41, 5.74) is 6.03. The quantitative estimate of drug-likeness (QED) is 0.665. The van der Waals surface area contributed by atoms with Crippen molar-refractivity contribution in [2.24, 2.45) is 10.7 Å². The highest BCUT2D eigenvalue weighted by Gasteiger charge is 2.37. The average molecular weight is 330 g/mol. The van der Waals surface area contributed by atoms with Gasteiger partial charge in [-0.05, 0) is 36.6 Å². The zero-order chi connectivity index (χ0) is 17.0. The van der Waals surface area contributed by atoms with Gasteiger partial charge in [0.05, 0.1) is 6.54 Å². The number of nitrogens with one attached hydrogen (secondary N) is 1. The minimum Gasteiger partial charge on any atom is -0.370 e. The molecule has 0 bridgehead atoms. The van der Waals surface area contributed by atoms with E-state index in [1.54, 1.807) is 12.3 Å². The van der Waals surface area contributed by atoms with Gasteiger partial charge in [0.2, 0.25) is 0 Å². The lowest BCUT2D eigenvalue weighted by Crippen LogP contribution is -2.31. The van der Waals surface area contributed by atoms with E-state index in [4.69, 9.17) is 5.73 Å². The Balaban J connectivity index is 1.80. The molecule has 126 valence electrons. The Labute approximate surface area is 139 Å². The van der Waals surface area contributed by atoms with Crippen LogP contribution in [0.15, 0.2) is 47.6 Å². The zero-order valence-corrected chi connectivity index (χ0v) is 13.3. The van der Waals surface area contributed by atoms with Gasteiger partial charge in [-0.1, -0.05) is 25.0 Å². The molecule has 4 nitrogen and oxygen atoms in total. The molecule has 3 rings (SSSR count). The molecule has 0 radical (unpaired) electrons. The van der Waals surface area contributed by atoms with Crippen LogP contribution in [0.1, 0.15) is 31.2 Å².